The molecule has 1 unspecified atom stereocenters. The number of halogens is 3. The number of hydrogen-bond acceptors (Lipinski definition) is 3. The van der Waals surface area contributed by atoms with E-state index in [0.29, 0.717) is 25.8 Å². The Morgan fingerprint density at radius 2 is 1.78 bits per heavy atom. The normalized spacial score (nSPS) is 16.5. The topological polar surface area (TPSA) is 49.4 Å². The molecule has 0 saturated heterocycles. The third-order valence-electron chi connectivity index (χ3n) is 7.69. The van der Waals surface area contributed by atoms with Crippen LogP contribution in [0.2, 0.25) is 0 Å². The summed E-state index contributed by atoms with van der Waals surface area (Å²) in [6.07, 6.45) is 1.47. The minimum absolute atomic E-state index is 0.0188. The van der Waals surface area contributed by atoms with E-state index in [-0.39, 0.29) is 36.1 Å². The number of nitrogens with one attached hydrogen (secondary N) is 1. The Bertz CT molecular complexity index is 1080. The summed E-state index contributed by atoms with van der Waals surface area (Å²) in [5, 5.41) is 2.94. The van der Waals surface area contributed by atoms with Gasteiger partial charge in [0.1, 0.15) is 5.82 Å². The zero-order chi connectivity index (χ0) is 26.7. The maximum absolute atomic E-state index is 14.6. The number of hydrogen-bond donors (Lipinski definition) is 1. The fourth-order valence-electron chi connectivity index (χ4n) is 5.07. The van der Waals surface area contributed by atoms with Gasteiger partial charge in [0.05, 0.1) is 5.56 Å². The number of carbonyl (C=O) groups is 2. The summed E-state index contributed by atoms with van der Waals surface area (Å²) in [6, 6.07) is 11.9. The van der Waals surface area contributed by atoms with Gasteiger partial charge in [-0.3, -0.25) is 9.59 Å². The molecule has 3 rings (SSSR count). The van der Waals surface area contributed by atoms with Gasteiger partial charge in [-0.2, -0.15) is 0 Å². The van der Waals surface area contributed by atoms with Gasteiger partial charge in [0, 0.05) is 36.8 Å². The summed E-state index contributed by atoms with van der Waals surface area (Å²) in [5.41, 5.74) is 1.24. The third kappa shape index (κ3) is 6.17. The summed E-state index contributed by atoms with van der Waals surface area (Å²) in [7, 11) is 3.75. The minimum atomic E-state index is -2.88. The van der Waals surface area contributed by atoms with Crippen LogP contribution in [-0.2, 0) is 11.2 Å². The summed E-state index contributed by atoms with van der Waals surface area (Å²) in [4.78, 5) is 26.9. The number of aryl methyl sites for hydroxylation is 1. The molecule has 0 bridgehead atoms. The molecule has 1 saturated carbocycles. The van der Waals surface area contributed by atoms with E-state index >= 15 is 0 Å². The average Bonchev–Trinajstić information content (AvgIpc) is 3.64. The molecule has 1 amide bonds. The van der Waals surface area contributed by atoms with E-state index in [2.05, 4.69) is 5.32 Å². The van der Waals surface area contributed by atoms with Crippen molar-refractivity contribution in [1.82, 2.24) is 10.2 Å². The molecule has 0 aromatic heterocycles. The Kier molecular flexibility index (Phi) is 8.65. The number of amides is 1. The lowest BCUT2D eigenvalue weighted by Crippen LogP contribution is -2.43. The van der Waals surface area contributed by atoms with Crippen LogP contribution in [0.4, 0.5) is 13.2 Å². The Labute approximate surface area is 212 Å². The Morgan fingerprint density at radius 3 is 2.31 bits per heavy atom. The Morgan fingerprint density at radius 1 is 1.14 bits per heavy atom. The summed E-state index contributed by atoms with van der Waals surface area (Å²) < 4.78 is 43.8. The van der Waals surface area contributed by atoms with E-state index in [9.17, 15) is 22.8 Å². The molecular formula is C29H37F3N2O2. The Balaban J connectivity index is 1.71. The highest BCUT2D eigenvalue weighted by atomic mass is 19.3. The number of carbonyl (C=O) groups excluding carboxylic acids is 2. The van der Waals surface area contributed by atoms with Gasteiger partial charge in [0.25, 0.3) is 5.92 Å². The number of alkyl halides is 2. The van der Waals surface area contributed by atoms with Crippen molar-refractivity contribution in [2.75, 3.05) is 20.6 Å². The first-order chi connectivity index (χ1) is 16.9. The number of likely N-dealkylation sites (N-methyl/N-ethyl adjacent to an activating group) is 1. The highest BCUT2D eigenvalue weighted by Crippen LogP contribution is 2.65. The average molecular weight is 503 g/mol. The molecule has 0 spiro atoms. The van der Waals surface area contributed by atoms with Crippen LogP contribution in [-0.4, -0.2) is 49.2 Å². The minimum Gasteiger partial charge on any atom is -0.355 e. The van der Waals surface area contributed by atoms with E-state index in [4.69, 9.17) is 0 Å². The van der Waals surface area contributed by atoms with Gasteiger partial charge < -0.3 is 10.2 Å². The second kappa shape index (κ2) is 11.2. The van der Waals surface area contributed by atoms with Crippen LogP contribution in [0, 0.1) is 18.2 Å². The fourth-order valence-corrected chi connectivity index (χ4v) is 5.07. The van der Waals surface area contributed by atoms with Gasteiger partial charge >= 0.3 is 0 Å². The molecule has 7 heteroatoms. The molecule has 1 fully saturated rings. The second-order valence-electron chi connectivity index (χ2n) is 10.4. The van der Waals surface area contributed by atoms with Crippen LogP contribution in [0.3, 0.4) is 0 Å². The number of nitrogens with zero attached hydrogens (tertiary/aromatic N) is 1. The smallest absolute Gasteiger partial charge is 0.251 e. The van der Waals surface area contributed by atoms with Gasteiger partial charge in [-0.15, -0.1) is 0 Å². The van der Waals surface area contributed by atoms with Crippen molar-refractivity contribution in [3.63, 3.8) is 0 Å². The fraction of sp³-hybridized carbons (Fsp3) is 0.517. The standard InChI is InChI=1S/C29H37F3N2O2/c1-6-26(35)23-14-19(2)21(16-25(23)30)15-22(34(4)5)18-33-27(36)17-24(20-10-8-7-9-11-20)29(12-13-29)28(3,31)32/h7-11,14,16,22,24H,6,12-13,15,17-18H2,1-5H3,(H,33,36)/t22-,24?/m0/s1. The molecule has 0 radical (unpaired) electrons. The molecule has 2 atom stereocenters. The van der Waals surface area contributed by atoms with Gasteiger partial charge in [-0.05, 0) is 76.0 Å². The number of ketones is 1. The van der Waals surface area contributed by atoms with Gasteiger partial charge in [0.15, 0.2) is 5.78 Å². The maximum Gasteiger partial charge on any atom is 0.251 e. The van der Waals surface area contributed by atoms with Crippen LogP contribution in [0.15, 0.2) is 42.5 Å². The maximum atomic E-state index is 14.6. The predicted octanol–water partition coefficient (Wildman–Crippen LogP) is 5.93. The largest absolute Gasteiger partial charge is 0.355 e. The van der Waals surface area contributed by atoms with Crippen molar-refractivity contribution in [2.45, 2.75) is 70.8 Å². The first-order valence-corrected chi connectivity index (χ1v) is 12.6. The van der Waals surface area contributed by atoms with Crippen LogP contribution < -0.4 is 5.32 Å². The van der Waals surface area contributed by atoms with Crippen molar-refractivity contribution in [3.05, 3.63) is 70.5 Å². The van der Waals surface area contributed by atoms with Crippen LogP contribution in [0.5, 0.6) is 0 Å². The molecule has 196 valence electrons. The van der Waals surface area contributed by atoms with E-state index < -0.39 is 23.1 Å². The number of rotatable bonds is 12. The lowest BCUT2D eigenvalue weighted by Gasteiger charge is -2.32. The van der Waals surface area contributed by atoms with E-state index in [0.717, 1.165) is 23.6 Å². The van der Waals surface area contributed by atoms with E-state index in [1.807, 2.05) is 56.3 Å². The molecule has 1 aliphatic carbocycles. The lowest BCUT2D eigenvalue weighted by molar-refractivity contribution is -0.123. The summed E-state index contributed by atoms with van der Waals surface area (Å²) >= 11 is 0. The Hall–Kier alpha value is -2.67. The highest BCUT2D eigenvalue weighted by Gasteiger charge is 2.63. The van der Waals surface area contributed by atoms with Crippen LogP contribution in [0.25, 0.3) is 0 Å². The second-order valence-corrected chi connectivity index (χ2v) is 10.4. The van der Waals surface area contributed by atoms with Crippen molar-refractivity contribution in [2.24, 2.45) is 5.41 Å². The van der Waals surface area contributed by atoms with Crippen LogP contribution in [0.1, 0.15) is 72.5 Å². The molecule has 0 heterocycles. The van der Waals surface area contributed by atoms with E-state index in [1.165, 1.54) is 6.07 Å². The molecule has 4 nitrogen and oxygen atoms in total. The van der Waals surface area contributed by atoms with Gasteiger partial charge in [-0.25, -0.2) is 13.2 Å². The molecule has 0 aliphatic heterocycles. The summed E-state index contributed by atoms with van der Waals surface area (Å²) in [6.45, 7) is 4.79. The summed E-state index contributed by atoms with van der Waals surface area (Å²) in [5.74, 6) is -4.51. The van der Waals surface area contributed by atoms with Crippen molar-refractivity contribution in [1.29, 1.82) is 0 Å². The number of Topliss-reactive ketones (excluding diaryl/α,β-unsaturated/α-hetero) is 1. The zero-order valence-corrected chi connectivity index (χ0v) is 21.8. The quantitative estimate of drug-likeness (QED) is 0.366. The molecular weight excluding hydrogens is 465 g/mol. The predicted molar refractivity (Wildman–Crippen MR) is 136 cm³/mol. The van der Waals surface area contributed by atoms with Gasteiger partial charge in [-0.1, -0.05) is 37.3 Å². The molecule has 36 heavy (non-hydrogen) atoms. The zero-order valence-electron chi connectivity index (χ0n) is 21.8. The first-order valence-electron chi connectivity index (χ1n) is 12.6. The molecule has 1 N–H and O–H groups in total. The lowest BCUT2D eigenvalue weighted by atomic mass is 9.77. The molecule has 1 aliphatic rings. The third-order valence-corrected chi connectivity index (χ3v) is 7.69. The molecule has 2 aromatic carbocycles. The van der Waals surface area contributed by atoms with Crippen LogP contribution >= 0.6 is 0 Å². The van der Waals surface area contributed by atoms with E-state index in [1.54, 1.807) is 13.0 Å². The van der Waals surface area contributed by atoms with Crippen molar-refractivity contribution < 1.29 is 22.8 Å². The van der Waals surface area contributed by atoms with Gasteiger partial charge in [0.2, 0.25) is 5.91 Å². The first kappa shape index (κ1) is 27.9. The number of benzene rings is 2. The highest BCUT2D eigenvalue weighted by molar-refractivity contribution is 5.96. The molecule has 2 aromatic rings. The van der Waals surface area contributed by atoms with Crippen molar-refractivity contribution >= 4 is 11.7 Å². The monoisotopic (exact) mass is 502 g/mol. The van der Waals surface area contributed by atoms with Crippen molar-refractivity contribution in [3.8, 4) is 0 Å². The SMILES string of the molecule is CCC(=O)c1cc(C)c(C[C@@H](CNC(=O)CC(c2ccccc2)C2(C(C)(F)F)CC2)N(C)C)cc1F.